The SMILES string of the molecule is C#C[C@]1(CO)O[C@@H](n2cnc3c(N)nc(F)nc32)C[C@@H]1OC(=O)C(CC)CC. The highest BCUT2D eigenvalue weighted by Gasteiger charge is 2.51. The van der Waals surface area contributed by atoms with E-state index in [9.17, 15) is 14.3 Å². The van der Waals surface area contributed by atoms with Crippen molar-refractivity contribution < 1.29 is 23.8 Å². The molecule has 3 heterocycles. The number of carbonyl (C=O) groups is 1. The number of fused-ring (bicyclic) bond motifs is 1. The second kappa shape index (κ2) is 7.69. The van der Waals surface area contributed by atoms with Crippen molar-refractivity contribution in [3.05, 3.63) is 12.4 Å². The van der Waals surface area contributed by atoms with Crippen LogP contribution in [-0.2, 0) is 14.3 Å². The molecule has 1 aliphatic rings. The Labute approximate surface area is 161 Å². The molecular weight excluding hydrogens is 369 g/mol. The average molecular weight is 391 g/mol. The van der Waals surface area contributed by atoms with Crippen LogP contribution in [0, 0.1) is 24.3 Å². The van der Waals surface area contributed by atoms with Crippen molar-refractivity contribution >= 4 is 23.0 Å². The first-order valence-corrected chi connectivity index (χ1v) is 9.01. The number of hydrogen-bond donors (Lipinski definition) is 2. The fourth-order valence-corrected chi connectivity index (χ4v) is 3.35. The van der Waals surface area contributed by atoms with E-state index in [2.05, 4.69) is 20.9 Å². The van der Waals surface area contributed by atoms with Crippen molar-refractivity contribution in [2.45, 2.75) is 51.0 Å². The molecule has 1 aliphatic heterocycles. The number of esters is 1. The van der Waals surface area contributed by atoms with Gasteiger partial charge in [0.1, 0.15) is 12.3 Å². The maximum Gasteiger partial charge on any atom is 0.312 e. The number of hydrogen-bond acceptors (Lipinski definition) is 8. The summed E-state index contributed by atoms with van der Waals surface area (Å²) in [5.74, 6) is 1.62. The molecule has 10 heteroatoms. The molecule has 0 spiro atoms. The third-order valence-electron chi connectivity index (χ3n) is 5.07. The number of nitrogens with two attached hydrogens (primary N) is 1. The maximum atomic E-state index is 13.6. The largest absolute Gasteiger partial charge is 0.458 e. The topological polar surface area (TPSA) is 125 Å². The number of terminal acetylenes is 1. The molecule has 3 atom stereocenters. The lowest BCUT2D eigenvalue weighted by molar-refractivity contribution is -0.163. The predicted octanol–water partition coefficient (Wildman–Crippen LogP) is 1.18. The number of aliphatic hydroxyl groups excluding tert-OH is 1. The van der Waals surface area contributed by atoms with Crippen LogP contribution in [0.25, 0.3) is 11.2 Å². The molecular formula is C18H22FN5O4. The summed E-state index contributed by atoms with van der Waals surface area (Å²) in [5, 5.41) is 9.88. The van der Waals surface area contributed by atoms with Crippen molar-refractivity contribution in [3.63, 3.8) is 0 Å². The predicted molar refractivity (Wildman–Crippen MR) is 97.0 cm³/mol. The van der Waals surface area contributed by atoms with Crippen LogP contribution in [0.15, 0.2) is 6.33 Å². The van der Waals surface area contributed by atoms with E-state index < -0.39 is 36.6 Å². The van der Waals surface area contributed by atoms with Gasteiger partial charge in [-0.3, -0.25) is 9.36 Å². The van der Waals surface area contributed by atoms with Gasteiger partial charge in [0.15, 0.2) is 22.6 Å². The Morgan fingerprint density at radius 1 is 1.57 bits per heavy atom. The van der Waals surface area contributed by atoms with Gasteiger partial charge in [-0.1, -0.05) is 19.8 Å². The molecule has 0 aromatic carbocycles. The zero-order chi connectivity index (χ0) is 20.5. The first-order valence-electron chi connectivity index (χ1n) is 9.01. The third kappa shape index (κ3) is 3.27. The zero-order valence-corrected chi connectivity index (χ0v) is 15.6. The number of carbonyl (C=O) groups excluding carboxylic acids is 1. The number of halogens is 1. The van der Waals surface area contributed by atoms with E-state index in [-0.39, 0.29) is 29.3 Å². The lowest BCUT2D eigenvalue weighted by Crippen LogP contribution is -2.44. The second-order valence-corrected chi connectivity index (χ2v) is 6.64. The third-order valence-corrected chi connectivity index (χ3v) is 5.07. The van der Waals surface area contributed by atoms with Crippen LogP contribution in [0.4, 0.5) is 10.2 Å². The molecule has 0 bridgehead atoms. The van der Waals surface area contributed by atoms with Crippen molar-refractivity contribution in [1.82, 2.24) is 19.5 Å². The minimum atomic E-state index is -1.53. The minimum absolute atomic E-state index is 0.110. The molecule has 0 aliphatic carbocycles. The summed E-state index contributed by atoms with van der Waals surface area (Å²) < 4.78 is 26.5. The van der Waals surface area contributed by atoms with Crippen molar-refractivity contribution in [1.29, 1.82) is 0 Å². The van der Waals surface area contributed by atoms with Gasteiger partial charge in [-0.05, 0) is 12.8 Å². The normalized spacial score (nSPS) is 24.6. The number of ether oxygens (including phenoxy) is 2. The molecule has 0 radical (unpaired) electrons. The highest BCUT2D eigenvalue weighted by atomic mass is 19.1. The Kier molecular flexibility index (Phi) is 5.49. The van der Waals surface area contributed by atoms with E-state index in [1.165, 1.54) is 10.9 Å². The summed E-state index contributed by atoms with van der Waals surface area (Å²) >= 11 is 0. The Balaban J connectivity index is 1.94. The fraction of sp³-hybridized carbons (Fsp3) is 0.556. The molecule has 28 heavy (non-hydrogen) atoms. The van der Waals surface area contributed by atoms with E-state index in [4.69, 9.17) is 21.6 Å². The first-order chi connectivity index (χ1) is 13.4. The quantitative estimate of drug-likeness (QED) is 0.427. The van der Waals surface area contributed by atoms with Gasteiger partial charge in [0.2, 0.25) is 0 Å². The van der Waals surface area contributed by atoms with E-state index in [1.54, 1.807) is 0 Å². The number of aromatic nitrogens is 4. The van der Waals surface area contributed by atoms with Crippen molar-refractivity contribution in [2.24, 2.45) is 5.92 Å². The molecule has 0 unspecified atom stereocenters. The van der Waals surface area contributed by atoms with Gasteiger partial charge in [-0.25, -0.2) is 4.98 Å². The van der Waals surface area contributed by atoms with Gasteiger partial charge in [0.05, 0.1) is 18.9 Å². The standard InChI is InChI=1S/C18H22FN5O4/c1-4-10(5-2)16(26)27-11-7-12(28-18(11,6-3)8-25)24-9-21-13-14(20)22-17(19)23-15(13)24/h3,9-12,25H,4-5,7-8H2,1-2H3,(H2,20,22,23)/t11-,12+,18+/m0/s1. The number of rotatable bonds is 6. The van der Waals surface area contributed by atoms with E-state index >= 15 is 0 Å². The van der Waals surface area contributed by atoms with Crippen molar-refractivity contribution in [2.75, 3.05) is 12.3 Å². The summed E-state index contributed by atoms with van der Waals surface area (Å²) in [6.45, 7) is 3.22. The molecule has 1 saturated heterocycles. The number of nitrogens with zero attached hydrogens (tertiary/aromatic N) is 4. The molecule has 150 valence electrons. The van der Waals surface area contributed by atoms with Crippen LogP contribution in [-0.4, -0.2) is 48.9 Å². The molecule has 0 amide bonds. The summed E-state index contributed by atoms with van der Waals surface area (Å²) in [7, 11) is 0. The van der Waals surface area contributed by atoms with Crippen LogP contribution in [0.5, 0.6) is 0 Å². The van der Waals surface area contributed by atoms with Gasteiger partial charge < -0.3 is 20.3 Å². The van der Waals surface area contributed by atoms with Gasteiger partial charge in [-0.2, -0.15) is 14.4 Å². The minimum Gasteiger partial charge on any atom is -0.458 e. The summed E-state index contributed by atoms with van der Waals surface area (Å²) in [6, 6.07) is 0. The van der Waals surface area contributed by atoms with Gasteiger partial charge >= 0.3 is 12.0 Å². The van der Waals surface area contributed by atoms with Crippen LogP contribution >= 0.6 is 0 Å². The molecule has 0 saturated carbocycles. The number of anilines is 1. The Bertz CT molecular complexity index is 923. The van der Waals surface area contributed by atoms with Gasteiger partial charge in [0.25, 0.3) is 0 Å². The Hall–Kier alpha value is -2.77. The fourth-order valence-electron chi connectivity index (χ4n) is 3.35. The van der Waals surface area contributed by atoms with E-state index in [1.807, 2.05) is 13.8 Å². The van der Waals surface area contributed by atoms with Crippen molar-refractivity contribution in [3.8, 4) is 12.3 Å². The molecule has 3 N–H and O–H groups in total. The highest BCUT2D eigenvalue weighted by molar-refractivity contribution is 5.81. The Morgan fingerprint density at radius 2 is 2.29 bits per heavy atom. The summed E-state index contributed by atoms with van der Waals surface area (Å²) in [6.07, 6.45) is 5.66. The van der Waals surface area contributed by atoms with E-state index in [0.29, 0.717) is 12.8 Å². The lowest BCUT2D eigenvalue weighted by Gasteiger charge is -2.27. The first kappa shape index (κ1) is 20.0. The zero-order valence-electron chi connectivity index (χ0n) is 15.6. The second-order valence-electron chi connectivity index (χ2n) is 6.64. The smallest absolute Gasteiger partial charge is 0.312 e. The van der Waals surface area contributed by atoms with Crippen LogP contribution in [0.3, 0.4) is 0 Å². The summed E-state index contributed by atoms with van der Waals surface area (Å²) in [5.41, 5.74) is 4.48. The monoisotopic (exact) mass is 391 g/mol. The Morgan fingerprint density at radius 3 is 2.89 bits per heavy atom. The lowest BCUT2D eigenvalue weighted by atomic mass is 9.97. The maximum absolute atomic E-state index is 13.6. The van der Waals surface area contributed by atoms with Gasteiger partial charge in [0, 0.05) is 6.42 Å². The van der Waals surface area contributed by atoms with Crippen LogP contribution in [0.2, 0.25) is 0 Å². The molecule has 3 rings (SSSR count). The highest BCUT2D eigenvalue weighted by Crippen LogP contribution is 2.40. The summed E-state index contributed by atoms with van der Waals surface area (Å²) in [4.78, 5) is 23.7. The number of imidazole rings is 1. The van der Waals surface area contributed by atoms with Crippen LogP contribution in [0.1, 0.15) is 39.3 Å². The molecule has 1 fully saturated rings. The number of nitrogen functional groups attached to an aromatic ring is 1. The molecule has 2 aromatic rings. The van der Waals surface area contributed by atoms with Crippen LogP contribution < -0.4 is 5.73 Å². The molecule has 2 aromatic heterocycles. The average Bonchev–Trinajstić information content (AvgIpc) is 3.24. The number of aliphatic hydroxyl groups is 1. The molecule has 9 nitrogen and oxygen atoms in total. The van der Waals surface area contributed by atoms with Gasteiger partial charge in [-0.15, -0.1) is 6.42 Å². The van der Waals surface area contributed by atoms with E-state index in [0.717, 1.165) is 0 Å².